The molecule has 0 heteroatoms. The van der Waals surface area contributed by atoms with Gasteiger partial charge in [0.25, 0.3) is 0 Å². The number of hydrogen-bond donors (Lipinski definition) is 0. The Labute approximate surface area is 285 Å². The van der Waals surface area contributed by atoms with Crippen molar-refractivity contribution < 1.29 is 38.4 Å². The standard InChI is InChI=1S/C42H28/c1-3-12-29(13-4-1)33-18-11-19-34(26-33)35-24-25-39-40(28-35)42(36-23-22-30-14-7-8-17-32(30)27-36)38-21-10-9-20-37(38)41(39)31-15-5-2-6-16-31/h1-28H/i1D,2D,3D,4D,5D,6D,7D,8D,9D,10D,11D,12D,13D,14D,15D,16D,17D,18D,19D,20D,21D,22D,23D,24D,25D,26D,27D,28D. The Kier molecular flexibility index (Phi) is 2.19. The van der Waals surface area contributed by atoms with Crippen LogP contribution in [0.3, 0.4) is 0 Å². The molecule has 0 radical (unpaired) electrons. The summed E-state index contributed by atoms with van der Waals surface area (Å²) in [6, 6.07) is -27.8. The van der Waals surface area contributed by atoms with Gasteiger partial charge in [-0.2, -0.15) is 0 Å². The first kappa shape index (κ1) is 9.02. The van der Waals surface area contributed by atoms with Crippen LogP contribution in [-0.2, 0) is 0 Å². The van der Waals surface area contributed by atoms with Crippen molar-refractivity contribution in [2.75, 3.05) is 0 Å². The van der Waals surface area contributed by atoms with E-state index in [0.29, 0.717) is 0 Å². The first-order valence-corrected chi connectivity index (χ1v) is 12.2. The van der Waals surface area contributed by atoms with E-state index >= 15 is 0 Å². The molecule has 0 heterocycles. The van der Waals surface area contributed by atoms with Gasteiger partial charge in [0.05, 0.1) is 38.4 Å². The SMILES string of the molecule is [2H]c1c([2H])c([2H])c(-c2c([2H])c([2H])c([2H])c(-c3c([2H])c([2H])c4c(-c5c([2H])c([2H])c([2H])c([2H])c5[2H])c5c([2H])c([2H])c([2H])c([2H])c5c(-c5c([2H])c([2H])c6c([2H])c([2H])c([2H])c([2H])c6c5[2H])c4c3[2H])c2[2H])c([2H])c1[2H]. The first-order valence-electron chi connectivity index (χ1n) is 26.2. The topological polar surface area (TPSA) is 0 Å². The minimum absolute atomic E-state index is 0.631. The summed E-state index contributed by atoms with van der Waals surface area (Å²) in [7, 11) is 0. The first-order chi connectivity index (χ1) is 32.5. The molecule has 8 aromatic carbocycles. The molecule has 0 spiro atoms. The fourth-order valence-corrected chi connectivity index (χ4v) is 4.59. The van der Waals surface area contributed by atoms with E-state index in [9.17, 15) is 11.0 Å². The third-order valence-electron chi connectivity index (χ3n) is 6.38. The lowest BCUT2D eigenvalue weighted by molar-refractivity contribution is 1.60. The predicted molar refractivity (Wildman–Crippen MR) is 181 cm³/mol. The van der Waals surface area contributed by atoms with Crippen molar-refractivity contribution in [2.24, 2.45) is 0 Å². The van der Waals surface area contributed by atoms with Crippen molar-refractivity contribution in [1.82, 2.24) is 0 Å². The van der Waals surface area contributed by atoms with Crippen molar-refractivity contribution in [1.29, 1.82) is 0 Å². The van der Waals surface area contributed by atoms with Crippen LogP contribution in [0.1, 0.15) is 38.4 Å². The van der Waals surface area contributed by atoms with Crippen LogP contribution in [-0.4, -0.2) is 0 Å². The maximum absolute atomic E-state index is 10.0. The second-order valence-electron chi connectivity index (χ2n) is 8.75. The van der Waals surface area contributed by atoms with Crippen LogP contribution in [0.5, 0.6) is 0 Å². The molecule has 0 unspecified atom stereocenters. The van der Waals surface area contributed by atoms with E-state index in [4.69, 9.17) is 27.4 Å². The molecule has 0 atom stereocenters. The van der Waals surface area contributed by atoms with Gasteiger partial charge in [-0.15, -0.1) is 0 Å². The highest BCUT2D eigenvalue weighted by atomic mass is 14.2. The van der Waals surface area contributed by atoms with Crippen LogP contribution in [0.4, 0.5) is 0 Å². The molecule has 196 valence electrons. The van der Waals surface area contributed by atoms with E-state index in [2.05, 4.69) is 0 Å². The Morgan fingerprint density at radius 3 is 1.50 bits per heavy atom. The molecule has 0 aromatic heterocycles. The van der Waals surface area contributed by atoms with Gasteiger partial charge in [-0.1, -0.05) is 151 Å². The Bertz CT molecular complexity index is 3740. The van der Waals surface area contributed by atoms with Gasteiger partial charge in [0, 0.05) is 0 Å². The number of rotatable bonds is 4. The second-order valence-corrected chi connectivity index (χ2v) is 8.75. The zero-order valence-corrected chi connectivity index (χ0v) is 21.0. The fourth-order valence-electron chi connectivity index (χ4n) is 4.59. The van der Waals surface area contributed by atoms with Gasteiger partial charge in [-0.05, 0) is 95.0 Å². The molecule has 8 aromatic rings. The average Bonchev–Trinajstić information content (AvgIpc) is 3.32. The quantitative estimate of drug-likeness (QED) is 0.188. The number of hydrogen-bond acceptors (Lipinski definition) is 0. The molecule has 42 heavy (non-hydrogen) atoms. The lowest BCUT2D eigenvalue weighted by atomic mass is 9.84. The molecular formula is C42H28. The Balaban J connectivity index is 1.78. The molecule has 0 saturated carbocycles. The summed E-state index contributed by atoms with van der Waals surface area (Å²) in [5, 5.41) is -4.56. The Hall–Kier alpha value is -5.46. The third kappa shape index (κ3) is 4.17. The van der Waals surface area contributed by atoms with Crippen LogP contribution in [0.2, 0.25) is 0 Å². The van der Waals surface area contributed by atoms with E-state index in [1.54, 1.807) is 0 Å². The lowest BCUT2D eigenvalue weighted by Gasteiger charge is -2.19. The minimum Gasteiger partial charge on any atom is -0.0622 e. The van der Waals surface area contributed by atoms with E-state index < -0.39 is 246 Å². The Morgan fingerprint density at radius 1 is 0.262 bits per heavy atom. The lowest BCUT2D eigenvalue weighted by Crippen LogP contribution is -1.92. The van der Waals surface area contributed by atoms with Crippen molar-refractivity contribution in [2.45, 2.75) is 0 Å². The predicted octanol–water partition coefficient (Wildman–Crippen LogP) is 11.8. The molecular weight excluding hydrogens is 504 g/mol. The molecule has 0 amide bonds. The zero-order chi connectivity index (χ0) is 52.2. The summed E-state index contributed by atoms with van der Waals surface area (Å²) >= 11 is 0. The Morgan fingerprint density at radius 2 is 0.762 bits per heavy atom. The molecule has 0 nitrogen and oxygen atoms in total. The molecule has 0 bridgehead atoms. The fraction of sp³-hybridized carbons (Fsp3) is 0. The summed E-state index contributed by atoms with van der Waals surface area (Å²) in [5.74, 6) is 0. The van der Waals surface area contributed by atoms with Crippen LogP contribution in [0.15, 0.2) is 169 Å². The number of fused-ring (bicyclic) bond motifs is 3. The van der Waals surface area contributed by atoms with Gasteiger partial charge in [0.1, 0.15) is 0 Å². The average molecular weight is 561 g/mol. The molecule has 0 aliphatic rings. The highest BCUT2D eigenvalue weighted by Crippen LogP contribution is 2.45. The van der Waals surface area contributed by atoms with E-state index in [1.165, 1.54) is 0 Å². The molecule has 0 aliphatic heterocycles. The van der Waals surface area contributed by atoms with Gasteiger partial charge in [-0.25, -0.2) is 0 Å². The summed E-state index contributed by atoms with van der Waals surface area (Å²) in [5.41, 5.74) is -6.85. The molecule has 8 rings (SSSR count). The summed E-state index contributed by atoms with van der Waals surface area (Å²) < 4.78 is 249. The van der Waals surface area contributed by atoms with Crippen LogP contribution < -0.4 is 0 Å². The van der Waals surface area contributed by atoms with Gasteiger partial charge in [-0.3, -0.25) is 0 Å². The van der Waals surface area contributed by atoms with Crippen LogP contribution in [0, 0.1) is 0 Å². The summed E-state index contributed by atoms with van der Waals surface area (Å²) in [6.07, 6.45) is 0. The third-order valence-corrected chi connectivity index (χ3v) is 6.38. The monoisotopic (exact) mass is 560 g/mol. The zero-order valence-electron chi connectivity index (χ0n) is 49.0. The van der Waals surface area contributed by atoms with Crippen LogP contribution in [0.25, 0.3) is 76.8 Å². The van der Waals surface area contributed by atoms with Crippen molar-refractivity contribution >= 4 is 32.3 Å². The van der Waals surface area contributed by atoms with Crippen molar-refractivity contribution in [3.63, 3.8) is 0 Å². The van der Waals surface area contributed by atoms with Gasteiger partial charge >= 0.3 is 0 Å². The maximum Gasteiger partial charge on any atom is 0.0636 e. The summed E-state index contributed by atoms with van der Waals surface area (Å²) in [4.78, 5) is 0. The maximum atomic E-state index is 10.0. The normalized spacial score (nSPS) is 20.7. The van der Waals surface area contributed by atoms with E-state index in [0.717, 1.165) is 0 Å². The highest BCUT2D eigenvalue weighted by molar-refractivity contribution is 6.22. The highest BCUT2D eigenvalue weighted by Gasteiger charge is 2.17. The van der Waals surface area contributed by atoms with E-state index in [-0.39, 0.29) is 0 Å². The molecule has 0 aliphatic carbocycles. The number of benzene rings is 8. The largest absolute Gasteiger partial charge is 0.0636 e. The van der Waals surface area contributed by atoms with Crippen molar-refractivity contribution in [3.8, 4) is 44.5 Å². The van der Waals surface area contributed by atoms with Gasteiger partial charge in [0.2, 0.25) is 0 Å². The molecule has 0 saturated heterocycles. The van der Waals surface area contributed by atoms with Gasteiger partial charge < -0.3 is 0 Å². The molecule has 0 N–H and O–H groups in total. The van der Waals surface area contributed by atoms with Gasteiger partial charge in [0.15, 0.2) is 0 Å². The van der Waals surface area contributed by atoms with E-state index in [1.807, 2.05) is 0 Å². The summed E-state index contributed by atoms with van der Waals surface area (Å²) in [6.45, 7) is 0. The second kappa shape index (κ2) is 10.2. The minimum atomic E-state index is -1.14. The van der Waals surface area contributed by atoms with Crippen LogP contribution >= 0.6 is 0 Å². The smallest absolute Gasteiger partial charge is 0.0622 e. The van der Waals surface area contributed by atoms with Crippen molar-refractivity contribution in [3.05, 3.63) is 169 Å². The molecule has 0 fully saturated rings.